The van der Waals surface area contributed by atoms with Crippen LogP contribution in [0.5, 0.6) is 0 Å². The first-order chi connectivity index (χ1) is 7.72. The highest BCUT2D eigenvalue weighted by Crippen LogP contribution is 2.25. The quantitative estimate of drug-likeness (QED) is 0.772. The summed E-state index contributed by atoms with van der Waals surface area (Å²) in [5.74, 6) is 0.0459. The summed E-state index contributed by atoms with van der Waals surface area (Å²) in [4.78, 5) is 0. The van der Waals surface area contributed by atoms with Crippen LogP contribution in [0.1, 0.15) is 18.4 Å². The summed E-state index contributed by atoms with van der Waals surface area (Å²) in [5.41, 5.74) is 2.13. The third kappa shape index (κ3) is 2.00. The standard InChI is InChI=1S/C15H16O/c1-11(2)15(10-16)14-8-7-12-5-3-4-6-13(12)9-14/h3-9,15-16H,1,10H2,2H3. The Morgan fingerprint density at radius 3 is 2.50 bits per heavy atom. The molecule has 0 aromatic heterocycles. The van der Waals surface area contributed by atoms with Gasteiger partial charge in [0.25, 0.3) is 0 Å². The van der Waals surface area contributed by atoms with Gasteiger partial charge >= 0.3 is 0 Å². The predicted octanol–water partition coefficient (Wildman–Crippen LogP) is 3.49. The van der Waals surface area contributed by atoms with Crippen molar-refractivity contribution in [3.63, 3.8) is 0 Å². The number of fused-ring (bicyclic) bond motifs is 1. The Morgan fingerprint density at radius 1 is 1.19 bits per heavy atom. The largest absolute Gasteiger partial charge is 0.395 e. The molecule has 1 atom stereocenters. The van der Waals surface area contributed by atoms with Crippen molar-refractivity contribution in [2.24, 2.45) is 0 Å². The number of benzene rings is 2. The highest BCUT2D eigenvalue weighted by Gasteiger charge is 2.10. The molecular formula is C15H16O. The average Bonchev–Trinajstić information content (AvgIpc) is 2.29. The van der Waals surface area contributed by atoms with Crippen molar-refractivity contribution in [1.82, 2.24) is 0 Å². The van der Waals surface area contributed by atoms with E-state index in [1.54, 1.807) is 0 Å². The smallest absolute Gasteiger partial charge is 0.0536 e. The number of hydrogen-bond donors (Lipinski definition) is 1. The van der Waals surface area contributed by atoms with Crippen LogP contribution in [0.25, 0.3) is 10.8 Å². The molecule has 0 heterocycles. The van der Waals surface area contributed by atoms with Gasteiger partial charge in [0, 0.05) is 5.92 Å². The Bertz CT molecular complexity index is 514. The van der Waals surface area contributed by atoms with Crippen LogP contribution in [0.4, 0.5) is 0 Å². The highest BCUT2D eigenvalue weighted by molar-refractivity contribution is 5.83. The minimum atomic E-state index is 0.0459. The molecule has 16 heavy (non-hydrogen) atoms. The van der Waals surface area contributed by atoms with Crippen LogP contribution in [-0.4, -0.2) is 11.7 Å². The Labute approximate surface area is 96.0 Å². The highest BCUT2D eigenvalue weighted by atomic mass is 16.3. The van der Waals surface area contributed by atoms with Gasteiger partial charge in [-0.3, -0.25) is 0 Å². The van der Waals surface area contributed by atoms with E-state index >= 15 is 0 Å². The molecule has 0 aliphatic rings. The summed E-state index contributed by atoms with van der Waals surface area (Å²) in [7, 11) is 0. The summed E-state index contributed by atoms with van der Waals surface area (Å²) in [6, 6.07) is 14.5. The number of hydrogen-bond acceptors (Lipinski definition) is 1. The van der Waals surface area contributed by atoms with Crippen molar-refractivity contribution in [2.75, 3.05) is 6.61 Å². The van der Waals surface area contributed by atoms with Crippen molar-refractivity contribution >= 4 is 10.8 Å². The Morgan fingerprint density at radius 2 is 1.88 bits per heavy atom. The Kier molecular flexibility index (Phi) is 3.07. The third-order valence-electron chi connectivity index (χ3n) is 2.95. The second-order valence-corrected chi connectivity index (χ2v) is 4.19. The molecule has 0 amide bonds. The van der Waals surface area contributed by atoms with E-state index in [-0.39, 0.29) is 12.5 Å². The van der Waals surface area contributed by atoms with Crippen LogP contribution >= 0.6 is 0 Å². The number of rotatable bonds is 3. The van der Waals surface area contributed by atoms with E-state index in [1.165, 1.54) is 10.8 Å². The summed E-state index contributed by atoms with van der Waals surface area (Å²) in [5, 5.41) is 11.8. The summed E-state index contributed by atoms with van der Waals surface area (Å²) < 4.78 is 0. The average molecular weight is 212 g/mol. The van der Waals surface area contributed by atoms with Crippen molar-refractivity contribution < 1.29 is 5.11 Å². The van der Waals surface area contributed by atoms with Crippen molar-refractivity contribution in [3.05, 3.63) is 60.2 Å². The fourth-order valence-corrected chi connectivity index (χ4v) is 1.97. The molecule has 0 aliphatic carbocycles. The molecule has 2 rings (SSSR count). The van der Waals surface area contributed by atoms with E-state index in [0.717, 1.165) is 11.1 Å². The van der Waals surface area contributed by atoms with Crippen molar-refractivity contribution in [2.45, 2.75) is 12.8 Å². The topological polar surface area (TPSA) is 20.2 Å². The molecule has 1 heteroatoms. The predicted molar refractivity (Wildman–Crippen MR) is 68.6 cm³/mol. The molecular weight excluding hydrogens is 196 g/mol. The molecule has 82 valence electrons. The maximum Gasteiger partial charge on any atom is 0.0536 e. The lowest BCUT2D eigenvalue weighted by Crippen LogP contribution is -2.04. The summed E-state index contributed by atoms with van der Waals surface area (Å²) in [6.07, 6.45) is 0. The molecule has 1 unspecified atom stereocenters. The van der Waals surface area contributed by atoms with E-state index in [4.69, 9.17) is 0 Å². The van der Waals surface area contributed by atoms with Crippen LogP contribution in [0.2, 0.25) is 0 Å². The van der Waals surface area contributed by atoms with E-state index in [1.807, 2.05) is 19.1 Å². The van der Waals surface area contributed by atoms with Gasteiger partial charge < -0.3 is 5.11 Å². The lowest BCUT2D eigenvalue weighted by Gasteiger charge is -2.15. The van der Waals surface area contributed by atoms with Gasteiger partial charge in [0.05, 0.1) is 6.61 Å². The van der Waals surface area contributed by atoms with Gasteiger partial charge in [0.2, 0.25) is 0 Å². The van der Waals surface area contributed by atoms with E-state index in [0.29, 0.717) is 0 Å². The lowest BCUT2D eigenvalue weighted by atomic mass is 9.92. The monoisotopic (exact) mass is 212 g/mol. The van der Waals surface area contributed by atoms with Crippen molar-refractivity contribution in [1.29, 1.82) is 0 Å². The number of aliphatic hydroxyl groups is 1. The van der Waals surface area contributed by atoms with Crippen LogP contribution in [-0.2, 0) is 0 Å². The van der Waals surface area contributed by atoms with E-state index < -0.39 is 0 Å². The molecule has 1 nitrogen and oxygen atoms in total. The van der Waals surface area contributed by atoms with Gasteiger partial charge in [-0.2, -0.15) is 0 Å². The van der Waals surface area contributed by atoms with Gasteiger partial charge in [-0.05, 0) is 23.3 Å². The zero-order chi connectivity index (χ0) is 11.5. The molecule has 2 aromatic rings. The molecule has 0 saturated carbocycles. The molecule has 0 saturated heterocycles. The van der Waals surface area contributed by atoms with Crippen LogP contribution < -0.4 is 0 Å². The molecule has 2 aromatic carbocycles. The molecule has 0 spiro atoms. The maximum absolute atomic E-state index is 9.36. The minimum Gasteiger partial charge on any atom is -0.395 e. The Balaban J connectivity index is 2.49. The first kappa shape index (κ1) is 10.9. The second-order valence-electron chi connectivity index (χ2n) is 4.19. The van der Waals surface area contributed by atoms with Gasteiger partial charge in [0.1, 0.15) is 0 Å². The summed E-state index contributed by atoms with van der Waals surface area (Å²) in [6.45, 7) is 6.00. The van der Waals surface area contributed by atoms with E-state index in [9.17, 15) is 5.11 Å². The molecule has 1 N–H and O–H groups in total. The normalized spacial score (nSPS) is 12.6. The van der Waals surface area contributed by atoms with Crippen LogP contribution in [0, 0.1) is 0 Å². The van der Waals surface area contributed by atoms with Gasteiger partial charge in [-0.15, -0.1) is 0 Å². The van der Waals surface area contributed by atoms with Crippen LogP contribution in [0.15, 0.2) is 54.6 Å². The van der Waals surface area contributed by atoms with Crippen LogP contribution in [0.3, 0.4) is 0 Å². The molecule has 0 fully saturated rings. The van der Waals surface area contributed by atoms with Gasteiger partial charge in [-0.1, -0.05) is 54.6 Å². The maximum atomic E-state index is 9.36. The zero-order valence-corrected chi connectivity index (χ0v) is 9.48. The summed E-state index contributed by atoms with van der Waals surface area (Å²) >= 11 is 0. The third-order valence-corrected chi connectivity index (χ3v) is 2.95. The van der Waals surface area contributed by atoms with Gasteiger partial charge in [-0.25, -0.2) is 0 Å². The molecule has 0 aliphatic heterocycles. The first-order valence-electron chi connectivity index (χ1n) is 5.47. The van der Waals surface area contributed by atoms with E-state index in [2.05, 4.69) is 36.9 Å². The minimum absolute atomic E-state index is 0.0459. The molecule has 0 bridgehead atoms. The lowest BCUT2D eigenvalue weighted by molar-refractivity contribution is 0.279. The fourth-order valence-electron chi connectivity index (χ4n) is 1.97. The SMILES string of the molecule is C=C(C)C(CO)c1ccc2ccccc2c1. The fraction of sp³-hybridized carbons (Fsp3) is 0.200. The molecule has 0 radical (unpaired) electrons. The first-order valence-corrected chi connectivity index (χ1v) is 5.47. The second kappa shape index (κ2) is 4.50. The van der Waals surface area contributed by atoms with Gasteiger partial charge in [0.15, 0.2) is 0 Å². The number of aliphatic hydroxyl groups excluding tert-OH is 1. The Hall–Kier alpha value is -1.60. The van der Waals surface area contributed by atoms with Crippen molar-refractivity contribution in [3.8, 4) is 0 Å². The zero-order valence-electron chi connectivity index (χ0n) is 9.48.